The van der Waals surface area contributed by atoms with Crippen molar-refractivity contribution in [2.24, 2.45) is 0 Å². The van der Waals surface area contributed by atoms with E-state index in [1.807, 2.05) is 20.8 Å². The fourth-order valence-electron chi connectivity index (χ4n) is 4.04. The van der Waals surface area contributed by atoms with Crippen molar-refractivity contribution in [2.45, 2.75) is 32.9 Å². The van der Waals surface area contributed by atoms with Gasteiger partial charge in [-0.2, -0.15) is 0 Å². The highest BCUT2D eigenvalue weighted by molar-refractivity contribution is 5.86. The Kier molecular flexibility index (Phi) is 4.14. The van der Waals surface area contributed by atoms with Crippen LogP contribution in [0.15, 0.2) is 6.20 Å². The normalized spacial score (nSPS) is 18.8. The van der Waals surface area contributed by atoms with E-state index in [0.29, 0.717) is 19.0 Å². The highest BCUT2D eigenvalue weighted by atomic mass is 16.5. The standard InChI is InChI=1S/C19H25N9O/c1-11-12(10-22-18(20)23-11)14-25-15(27-6-4-21-5-7-27)13-16(26-14)28-8-9-29-19(2,3)17(28)24-13/h10,21H,4-9H2,1-3H3,(H2,20,22,23). The lowest BCUT2D eigenvalue weighted by Crippen LogP contribution is -2.44. The SMILES string of the molecule is Cc1nc(N)ncc1-c1nc(N2CCNCC2)c2nc3n(c2n1)CCOC3(C)C. The van der Waals surface area contributed by atoms with Gasteiger partial charge in [-0.3, -0.25) is 0 Å². The molecule has 3 N–H and O–H groups in total. The molecule has 10 heteroatoms. The Morgan fingerprint density at radius 3 is 2.66 bits per heavy atom. The molecule has 0 aliphatic carbocycles. The molecule has 29 heavy (non-hydrogen) atoms. The fraction of sp³-hybridized carbons (Fsp3) is 0.526. The summed E-state index contributed by atoms with van der Waals surface area (Å²) in [4.78, 5) is 25.5. The van der Waals surface area contributed by atoms with Gasteiger partial charge in [0, 0.05) is 38.9 Å². The van der Waals surface area contributed by atoms with Crippen LogP contribution in [0, 0.1) is 6.92 Å². The highest BCUT2D eigenvalue weighted by Crippen LogP contribution is 2.35. The first kappa shape index (κ1) is 18.2. The average molecular weight is 395 g/mol. The second-order valence-corrected chi connectivity index (χ2v) is 7.95. The van der Waals surface area contributed by atoms with Gasteiger partial charge in [-0.15, -0.1) is 0 Å². The number of nitrogen functional groups attached to an aromatic ring is 1. The molecule has 2 aliphatic rings. The van der Waals surface area contributed by atoms with Crippen molar-refractivity contribution in [3.8, 4) is 11.4 Å². The van der Waals surface area contributed by atoms with Crippen LogP contribution < -0.4 is 16.0 Å². The molecule has 1 saturated heterocycles. The number of ether oxygens (including phenoxy) is 1. The van der Waals surface area contributed by atoms with Crippen LogP contribution in [0.3, 0.4) is 0 Å². The number of nitrogens with two attached hydrogens (primary N) is 1. The molecule has 10 nitrogen and oxygen atoms in total. The Labute approximate surface area is 168 Å². The van der Waals surface area contributed by atoms with Crippen LogP contribution >= 0.6 is 0 Å². The zero-order chi connectivity index (χ0) is 20.2. The molecule has 1 fully saturated rings. The van der Waals surface area contributed by atoms with Gasteiger partial charge >= 0.3 is 0 Å². The molecule has 5 rings (SSSR count). The van der Waals surface area contributed by atoms with E-state index in [2.05, 4.69) is 24.8 Å². The molecule has 152 valence electrons. The van der Waals surface area contributed by atoms with Crippen molar-refractivity contribution in [3.63, 3.8) is 0 Å². The third-order valence-electron chi connectivity index (χ3n) is 5.55. The minimum Gasteiger partial charge on any atom is -0.368 e. The number of fused-ring (bicyclic) bond motifs is 3. The number of piperazine rings is 1. The van der Waals surface area contributed by atoms with E-state index in [0.717, 1.165) is 60.2 Å². The lowest BCUT2D eigenvalue weighted by Gasteiger charge is -2.30. The molecule has 3 aromatic heterocycles. The first-order valence-electron chi connectivity index (χ1n) is 9.92. The maximum atomic E-state index is 5.96. The van der Waals surface area contributed by atoms with E-state index < -0.39 is 5.60 Å². The predicted molar refractivity (Wildman–Crippen MR) is 110 cm³/mol. The molecule has 3 aromatic rings. The summed E-state index contributed by atoms with van der Waals surface area (Å²) in [7, 11) is 0. The second kappa shape index (κ2) is 6.60. The van der Waals surface area contributed by atoms with Crippen LogP contribution in [-0.2, 0) is 16.9 Å². The maximum absolute atomic E-state index is 5.96. The molecular formula is C19H25N9O. The van der Waals surface area contributed by atoms with Crippen molar-refractivity contribution >= 4 is 22.9 Å². The molecular weight excluding hydrogens is 370 g/mol. The number of anilines is 2. The summed E-state index contributed by atoms with van der Waals surface area (Å²) < 4.78 is 8.12. The van der Waals surface area contributed by atoms with Crippen molar-refractivity contribution in [2.75, 3.05) is 43.4 Å². The number of nitrogens with zero attached hydrogens (tertiary/aromatic N) is 7. The zero-order valence-electron chi connectivity index (χ0n) is 16.9. The predicted octanol–water partition coefficient (Wildman–Crippen LogP) is 0.849. The third kappa shape index (κ3) is 2.99. The van der Waals surface area contributed by atoms with E-state index in [9.17, 15) is 0 Å². The topological polar surface area (TPSA) is 120 Å². The number of aryl methyl sites for hydroxylation is 1. The number of imidazole rings is 1. The summed E-state index contributed by atoms with van der Waals surface area (Å²) in [5, 5.41) is 3.39. The van der Waals surface area contributed by atoms with E-state index in [-0.39, 0.29) is 5.95 Å². The van der Waals surface area contributed by atoms with Gasteiger partial charge in [-0.25, -0.2) is 24.9 Å². The summed E-state index contributed by atoms with van der Waals surface area (Å²) >= 11 is 0. The molecule has 2 aliphatic heterocycles. The van der Waals surface area contributed by atoms with Crippen LogP contribution in [0.1, 0.15) is 25.4 Å². The van der Waals surface area contributed by atoms with Crippen LogP contribution in [-0.4, -0.2) is 62.3 Å². The number of aromatic nitrogens is 6. The third-order valence-corrected chi connectivity index (χ3v) is 5.55. The zero-order valence-corrected chi connectivity index (χ0v) is 16.9. The molecule has 5 heterocycles. The minimum atomic E-state index is -0.472. The highest BCUT2D eigenvalue weighted by Gasteiger charge is 2.34. The molecule has 0 saturated carbocycles. The van der Waals surface area contributed by atoms with Crippen LogP contribution in [0.2, 0.25) is 0 Å². The van der Waals surface area contributed by atoms with E-state index in [1.165, 1.54) is 0 Å². The van der Waals surface area contributed by atoms with Crippen molar-refractivity contribution in [3.05, 3.63) is 17.7 Å². The number of nitrogens with one attached hydrogen (secondary N) is 1. The Morgan fingerprint density at radius 2 is 1.90 bits per heavy atom. The van der Waals surface area contributed by atoms with Gasteiger partial charge in [0.2, 0.25) is 5.95 Å². The Hall–Kier alpha value is -2.85. The Bertz CT molecular complexity index is 1080. The first-order valence-corrected chi connectivity index (χ1v) is 9.92. The van der Waals surface area contributed by atoms with Gasteiger partial charge in [0.05, 0.1) is 17.9 Å². The summed E-state index contributed by atoms with van der Waals surface area (Å²) in [6, 6.07) is 0. The van der Waals surface area contributed by atoms with E-state index >= 15 is 0 Å². The molecule has 0 amide bonds. The van der Waals surface area contributed by atoms with E-state index in [4.69, 9.17) is 25.4 Å². The molecule has 0 radical (unpaired) electrons. The van der Waals surface area contributed by atoms with Gasteiger partial charge in [0.1, 0.15) is 11.4 Å². The summed E-state index contributed by atoms with van der Waals surface area (Å²) in [6.45, 7) is 10.9. The largest absolute Gasteiger partial charge is 0.368 e. The summed E-state index contributed by atoms with van der Waals surface area (Å²) in [6.07, 6.45) is 1.70. The van der Waals surface area contributed by atoms with Crippen LogP contribution in [0.5, 0.6) is 0 Å². The lowest BCUT2D eigenvalue weighted by molar-refractivity contribution is -0.0530. The number of hydrogen-bond donors (Lipinski definition) is 2. The molecule has 0 unspecified atom stereocenters. The Balaban J connectivity index is 1.77. The monoisotopic (exact) mass is 395 g/mol. The van der Waals surface area contributed by atoms with Crippen LogP contribution in [0.25, 0.3) is 22.6 Å². The first-order chi connectivity index (χ1) is 13.9. The second-order valence-electron chi connectivity index (χ2n) is 7.95. The van der Waals surface area contributed by atoms with Crippen molar-refractivity contribution in [1.82, 2.24) is 34.8 Å². The minimum absolute atomic E-state index is 0.246. The van der Waals surface area contributed by atoms with Gasteiger partial charge in [-0.1, -0.05) is 0 Å². The van der Waals surface area contributed by atoms with Gasteiger partial charge < -0.3 is 25.3 Å². The Morgan fingerprint density at radius 1 is 1.10 bits per heavy atom. The van der Waals surface area contributed by atoms with Crippen LogP contribution in [0.4, 0.5) is 11.8 Å². The quantitative estimate of drug-likeness (QED) is 0.650. The van der Waals surface area contributed by atoms with Gasteiger partial charge in [0.15, 0.2) is 22.8 Å². The van der Waals surface area contributed by atoms with E-state index in [1.54, 1.807) is 6.20 Å². The lowest BCUT2D eigenvalue weighted by atomic mass is 10.1. The van der Waals surface area contributed by atoms with Gasteiger partial charge in [0.25, 0.3) is 0 Å². The summed E-state index contributed by atoms with van der Waals surface area (Å²) in [5.74, 6) is 2.57. The van der Waals surface area contributed by atoms with Crippen molar-refractivity contribution < 1.29 is 4.74 Å². The molecule has 0 aromatic carbocycles. The fourth-order valence-corrected chi connectivity index (χ4v) is 4.04. The average Bonchev–Trinajstić information content (AvgIpc) is 3.08. The summed E-state index contributed by atoms with van der Waals surface area (Å²) in [5.41, 5.74) is 8.44. The number of rotatable bonds is 2. The maximum Gasteiger partial charge on any atom is 0.220 e. The van der Waals surface area contributed by atoms with Gasteiger partial charge in [-0.05, 0) is 20.8 Å². The molecule has 0 bridgehead atoms. The smallest absolute Gasteiger partial charge is 0.220 e. The molecule has 0 atom stereocenters. The number of hydrogen-bond acceptors (Lipinski definition) is 9. The molecule has 0 spiro atoms. The van der Waals surface area contributed by atoms with Crippen molar-refractivity contribution in [1.29, 1.82) is 0 Å².